The zero-order valence-corrected chi connectivity index (χ0v) is 11.2. The molecule has 0 unspecified atom stereocenters. The highest BCUT2D eigenvalue weighted by Crippen LogP contribution is 2.38. The van der Waals surface area contributed by atoms with Gasteiger partial charge in [0.2, 0.25) is 0 Å². The van der Waals surface area contributed by atoms with Crippen molar-refractivity contribution in [3.63, 3.8) is 0 Å². The predicted molar refractivity (Wildman–Crippen MR) is 70.1 cm³/mol. The molecule has 0 spiro atoms. The van der Waals surface area contributed by atoms with Gasteiger partial charge in [-0.05, 0) is 25.0 Å². The number of carbonyl (C=O) groups is 1. The number of carboxylic acid groups (broad SMARTS) is 1. The lowest BCUT2D eigenvalue weighted by molar-refractivity contribution is -0.140. The van der Waals surface area contributed by atoms with Gasteiger partial charge in [0, 0.05) is 0 Å². The largest absolute Gasteiger partial charge is 0.480 e. The molecule has 0 heterocycles. The molecule has 0 aromatic heterocycles. The molecule has 0 bridgehead atoms. The Morgan fingerprint density at radius 1 is 1.19 bits per heavy atom. The lowest BCUT2D eigenvalue weighted by atomic mass is 9.90. The van der Waals surface area contributed by atoms with Crippen LogP contribution in [0.5, 0.6) is 0 Å². The third-order valence-electron chi connectivity index (χ3n) is 3.43. The van der Waals surface area contributed by atoms with E-state index in [-0.39, 0.29) is 0 Å². The van der Waals surface area contributed by atoms with Gasteiger partial charge in [0.15, 0.2) is 0 Å². The molecule has 1 N–H and O–H groups in total. The van der Waals surface area contributed by atoms with Crippen LogP contribution in [0.4, 0.5) is 0 Å². The van der Waals surface area contributed by atoms with Gasteiger partial charge in [0.25, 0.3) is 0 Å². The number of thioether (sulfide) groups is 1. The van der Waals surface area contributed by atoms with Gasteiger partial charge in [-0.25, -0.2) is 0 Å². The molecule has 2 nitrogen and oxygen atoms in total. The highest BCUT2D eigenvalue weighted by molar-refractivity contribution is 8.01. The predicted octanol–water partition coefficient (Wildman–Crippen LogP) is 4.09. The molecular weight excluding hydrogens is 220 g/mol. The SMILES string of the molecule is CCCCSC1(C(=O)O)CCCCCCC1. The van der Waals surface area contributed by atoms with Gasteiger partial charge in [-0.1, -0.05) is 45.4 Å². The molecule has 0 aromatic carbocycles. The molecule has 1 saturated carbocycles. The van der Waals surface area contributed by atoms with Crippen molar-refractivity contribution >= 4 is 17.7 Å². The van der Waals surface area contributed by atoms with E-state index < -0.39 is 10.7 Å². The standard InChI is InChI=1S/C13H24O2S/c1-2-3-11-16-13(12(14)15)9-7-5-4-6-8-10-13/h2-11H2,1H3,(H,14,15). The number of hydrogen-bond acceptors (Lipinski definition) is 2. The average molecular weight is 244 g/mol. The first-order chi connectivity index (χ1) is 7.71. The molecule has 16 heavy (non-hydrogen) atoms. The second-order valence-corrected chi connectivity index (χ2v) is 6.25. The summed E-state index contributed by atoms with van der Waals surface area (Å²) in [7, 11) is 0. The van der Waals surface area contributed by atoms with Gasteiger partial charge in [0.05, 0.1) is 0 Å². The molecule has 0 aliphatic heterocycles. The van der Waals surface area contributed by atoms with Crippen molar-refractivity contribution in [2.45, 2.75) is 69.5 Å². The molecule has 0 saturated heterocycles. The molecule has 1 aliphatic rings. The summed E-state index contributed by atoms with van der Waals surface area (Å²) in [5, 5.41) is 9.48. The fraction of sp³-hybridized carbons (Fsp3) is 0.923. The fourth-order valence-corrected chi connectivity index (χ4v) is 3.83. The van der Waals surface area contributed by atoms with Crippen LogP contribution in [0.1, 0.15) is 64.7 Å². The van der Waals surface area contributed by atoms with Crippen molar-refractivity contribution in [3.05, 3.63) is 0 Å². The Morgan fingerprint density at radius 2 is 1.75 bits per heavy atom. The molecule has 0 amide bonds. The Hall–Kier alpha value is -0.180. The number of carboxylic acids is 1. The first-order valence-corrected chi connectivity index (χ1v) is 7.57. The van der Waals surface area contributed by atoms with Gasteiger partial charge in [-0.3, -0.25) is 4.79 Å². The number of rotatable bonds is 5. The molecular formula is C13H24O2S. The topological polar surface area (TPSA) is 37.3 Å². The van der Waals surface area contributed by atoms with Crippen molar-refractivity contribution < 1.29 is 9.90 Å². The molecule has 0 aromatic rings. The van der Waals surface area contributed by atoms with Gasteiger partial charge in [-0.15, -0.1) is 11.8 Å². The van der Waals surface area contributed by atoms with Crippen LogP contribution >= 0.6 is 11.8 Å². The second kappa shape index (κ2) is 7.21. The molecule has 0 atom stereocenters. The highest BCUT2D eigenvalue weighted by atomic mass is 32.2. The third kappa shape index (κ3) is 4.00. The lowest BCUT2D eigenvalue weighted by Gasteiger charge is -2.30. The molecule has 1 fully saturated rings. The zero-order valence-electron chi connectivity index (χ0n) is 10.3. The van der Waals surface area contributed by atoms with Crippen molar-refractivity contribution in [3.8, 4) is 0 Å². The van der Waals surface area contributed by atoms with E-state index in [1.807, 2.05) is 0 Å². The van der Waals surface area contributed by atoms with Crippen LogP contribution in [0.15, 0.2) is 0 Å². The lowest BCUT2D eigenvalue weighted by Crippen LogP contribution is -2.36. The van der Waals surface area contributed by atoms with Crippen LogP contribution in [0, 0.1) is 0 Å². The first kappa shape index (κ1) is 13.9. The summed E-state index contributed by atoms with van der Waals surface area (Å²) in [5.41, 5.74) is 0. The van der Waals surface area contributed by atoms with E-state index in [0.717, 1.165) is 44.3 Å². The Balaban J connectivity index is 2.56. The fourth-order valence-electron chi connectivity index (χ4n) is 2.31. The first-order valence-electron chi connectivity index (χ1n) is 6.58. The average Bonchev–Trinajstić information content (AvgIpc) is 2.21. The molecule has 1 rings (SSSR count). The maximum absolute atomic E-state index is 11.5. The van der Waals surface area contributed by atoms with Crippen LogP contribution in [-0.2, 0) is 4.79 Å². The zero-order chi connectivity index (χ0) is 11.9. The van der Waals surface area contributed by atoms with Crippen LogP contribution in [0.25, 0.3) is 0 Å². The summed E-state index contributed by atoms with van der Waals surface area (Å²) in [6, 6.07) is 0. The Kier molecular flexibility index (Phi) is 6.25. The van der Waals surface area contributed by atoms with Crippen molar-refractivity contribution in [1.29, 1.82) is 0 Å². The summed E-state index contributed by atoms with van der Waals surface area (Å²) in [5.74, 6) is 0.429. The Bertz CT molecular complexity index is 208. The maximum atomic E-state index is 11.5. The van der Waals surface area contributed by atoms with E-state index in [1.54, 1.807) is 11.8 Å². The van der Waals surface area contributed by atoms with Crippen LogP contribution in [0.2, 0.25) is 0 Å². The van der Waals surface area contributed by atoms with Gasteiger partial charge < -0.3 is 5.11 Å². The van der Waals surface area contributed by atoms with Crippen molar-refractivity contribution in [2.75, 3.05) is 5.75 Å². The van der Waals surface area contributed by atoms with E-state index >= 15 is 0 Å². The second-order valence-electron chi connectivity index (χ2n) is 4.77. The molecule has 3 heteroatoms. The summed E-state index contributed by atoms with van der Waals surface area (Å²) in [4.78, 5) is 11.5. The monoisotopic (exact) mass is 244 g/mol. The van der Waals surface area contributed by atoms with Crippen molar-refractivity contribution in [1.82, 2.24) is 0 Å². The van der Waals surface area contributed by atoms with E-state index in [4.69, 9.17) is 0 Å². The molecule has 1 aliphatic carbocycles. The van der Waals surface area contributed by atoms with E-state index in [1.165, 1.54) is 19.3 Å². The number of unbranched alkanes of at least 4 members (excludes halogenated alkanes) is 1. The highest BCUT2D eigenvalue weighted by Gasteiger charge is 2.38. The molecule has 94 valence electrons. The minimum absolute atomic E-state index is 0.463. The third-order valence-corrected chi connectivity index (χ3v) is 5.06. The summed E-state index contributed by atoms with van der Waals surface area (Å²) in [6.07, 6.45) is 9.93. The van der Waals surface area contributed by atoms with E-state index in [0.29, 0.717) is 0 Å². The van der Waals surface area contributed by atoms with E-state index in [9.17, 15) is 9.90 Å². The minimum Gasteiger partial charge on any atom is -0.480 e. The van der Waals surface area contributed by atoms with Crippen molar-refractivity contribution in [2.24, 2.45) is 0 Å². The van der Waals surface area contributed by atoms with E-state index in [2.05, 4.69) is 6.92 Å². The maximum Gasteiger partial charge on any atom is 0.319 e. The normalized spacial score (nSPS) is 21.1. The van der Waals surface area contributed by atoms with Crippen LogP contribution in [0.3, 0.4) is 0 Å². The molecule has 0 radical (unpaired) electrons. The van der Waals surface area contributed by atoms with Gasteiger partial charge >= 0.3 is 5.97 Å². The minimum atomic E-state index is -0.574. The van der Waals surface area contributed by atoms with Gasteiger partial charge in [-0.2, -0.15) is 0 Å². The van der Waals surface area contributed by atoms with Crippen LogP contribution in [-0.4, -0.2) is 21.6 Å². The van der Waals surface area contributed by atoms with Gasteiger partial charge in [0.1, 0.15) is 4.75 Å². The summed E-state index contributed by atoms with van der Waals surface area (Å²) in [6.45, 7) is 2.16. The van der Waals surface area contributed by atoms with Crippen LogP contribution < -0.4 is 0 Å². The summed E-state index contributed by atoms with van der Waals surface area (Å²) < 4.78 is -0.463. The number of aliphatic carboxylic acids is 1. The Morgan fingerprint density at radius 3 is 2.25 bits per heavy atom. The Labute approximate surface area is 103 Å². The quantitative estimate of drug-likeness (QED) is 0.740. The summed E-state index contributed by atoms with van der Waals surface area (Å²) >= 11 is 1.70. The smallest absolute Gasteiger partial charge is 0.319 e. The number of hydrogen-bond donors (Lipinski definition) is 1.